The monoisotopic (exact) mass is 429 g/mol. The van der Waals surface area contributed by atoms with Gasteiger partial charge in [-0.05, 0) is 46.9 Å². The third-order valence-corrected chi connectivity index (χ3v) is 1.77. The second-order valence-electron chi connectivity index (χ2n) is 1.66. The van der Waals surface area contributed by atoms with Gasteiger partial charge in [-0.3, -0.25) is 28.2 Å². The molecule has 0 atom stereocenters. The van der Waals surface area contributed by atoms with Gasteiger partial charge in [0.15, 0.2) is 0 Å². The van der Waals surface area contributed by atoms with E-state index < -0.39 is 0 Å². The van der Waals surface area contributed by atoms with Gasteiger partial charge in [-0.25, -0.2) is 0 Å². The van der Waals surface area contributed by atoms with Crippen LogP contribution in [0, 0.1) is 3.57 Å². The number of hydrogen-bond acceptors (Lipinski definition) is 1. The summed E-state index contributed by atoms with van der Waals surface area (Å²) in [6.07, 6.45) is 0. The average Bonchev–Trinajstić information content (AvgIpc) is 1.90. The Labute approximate surface area is 114 Å². The Kier molecular flexibility index (Phi) is 67.5. The molecule has 0 fully saturated rings. The van der Waals surface area contributed by atoms with Gasteiger partial charge in [0.1, 0.15) is 5.75 Å². The zero-order chi connectivity index (χ0) is 6.69. The minimum Gasteiger partial charge on any atom is -0.497 e. The van der Waals surface area contributed by atoms with E-state index >= 15 is 0 Å². The predicted molar refractivity (Wildman–Crippen MR) is 66.5 cm³/mol. The van der Waals surface area contributed by atoms with Gasteiger partial charge in [0.2, 0.25) is 0 Å². The molecule has 0 aliphatic heterocycles. The first-order valence-corrected chi connectivity index (χ1v) is 3.70. The van der Waals surface area contributed by atoms with E-state index in [9.17, 15) is 0 Å². The van der Waals surface area contributed by atoms with Gasteiger partial charge in [-0.2, -0.15) is 0 Å². The SMILES string of the molecule is COc1ccc(I)cc1.F.F.F.F.F.F.[As]. The standard InChI is InChI=1S/C7H7IO.As.6FH/c1-9-7-4-2-6(8)3-5-7;;;;;;;/h2-5H,1H3;;6*1H. The summed E-state index contributed by atoms with van der Waals surface area (Å²) >= 11 is 2.26. The van der Waals surface area contributed by atoms with E-state index in [0.29, 0.717) is 0 Å². The molecule has 0 aliphatic carbocycles. The molecular formula is C7H13AsF6IO. The summed E-state index contributed by atoms with van der Waals surface area (Å²) in [7, 11) is 1.67. The van der Waals surface area contributed by atoms with Gasteiger partial charge in [-0.1, -0.05) is 0 Å². The van der Waals surface area contributed by atoms with Crippen LogP contribution >= 0.6 is 22.6 Å². The average molecular weight is 429 g/mol. The van der Waals surface area contributed by atoms with Crippen molar-refractivity contribution in [1.29, 1.82) is 0 Å². The zero-order valence-corrected chi connectivity index (χ0v) is 12.0. The third-order valence-electron chi connectivity index (χ3n) is 1.05. The minimum absolute atomic E-state index is 0. The normalized spacial score (nSPS) is 5.12. The van der Waals surface area contributed by atoms with E-state index in [-0.39, 0.29) is 46.2 Å². The van der Waals surface area contributed by atoms with Crippen LogP contribution in [0.3, 0.4) is 0 Å². The maximum atomic E-state index is 4.97. The van der Waals surface area contributed by atoms with E-state index in [4.69, 9.17) is 4.74 Å². The molecule has 0 amide bonds. The molecule has 1 nitrogen and oxygen atoms in total. The van der Waals surface area contributed by atoms with Crippen LogP contribution in [0.25, 0.3) is 0 Å². The Hall–Kier alpha value is -0.112. The topological polar surface area (TPSA) is 9.23 Å². The van der Waals surface area contributed by atoms with Crippen molar-refractivity contribution in [3.8, 4) is 5.75 Å². The fraction of sp³-hybridized carbons (Fsp3) is 0.143. The fourth-order valence-electron chi connectivity index (χ4n) is 0.571. The van der Waals surface area contributed by atoms with Gasteiger partial charge in [-0.15, -0.1) is 0 Å². The molecule has 3 radical (unpaired) electrons. The van der Waals surface area contributed by atoms with Crippen molar-refractivity contribution in [2.24, 2.45) is 0 Å². The molecule has 16 heavy (non-hydrogen) atoms. The molecular weight excluding hydrogens is 416 g/mol. The molecule has 0 bridgehead atoms. The van der Waals surface area contributed by atoms with Crippen LogP contribution in [0.1, 0.15) is 0 Å². The second-order valence-corrected chi connectivity index (χ2v) is 2.90. The Balaban J connectivity index is -0.0000000231. The van der Waals surface area contributed by atoms with Crippen LogP contribution in [0.15, 0.2) is 24.3 Å². The van der Waals surface area contributed by atoms with Gasteiger partial charge in [0, 0.05) is 21.5 Å². The van der Waals surface area contributed by atoms with E-state index in [0.717, 1.165) is 5.75 Å². The number of benzene rings is 1. The third kappa shape index (κ3) is 16.3. The number of halogens is 7. The summed E-state index contributed by atoms with van der Waals surface area (Å²) in [6, 6.07) is 7.92. The van der Waals surface area contributed by atoms with Gasteiger partial charge >= 0.3 is 0 Å². The first-order chi connectivity index (χ1) is 4.33. The molecule has 1 aromatic rings. The zero-order valence-electron chi connectivity index (χ0n) is 7.99. The van der Waals surface area contributed by atoms with Crippen molar-refractivity contribution >= 4 is 40.5 Å². The first-order valence-electron chi connectivity index (χ1n) is 2.62. The quantitative estimate of drug-likeness (QED) is 0.379. The van der Waals surface area contributed by atoms with E-state index in [1.807, 2.05) is 24.3 Å². The van der Waals surface area contributed by atoms with Gasteiger partial charge in [0.05, 0.1) is 7.11 Å². The molecule has 101 valence electrons. The summed E-state index contributed by atoms with van der Waals surface area (Å²) in [4.78, 5) is 0. The van der Waals surface area contributed by atoms with E-state index in [2.05, 4.69) is 22.6 Å². The molecule has 0 saturated heterocycles. The van der Waals surface area contributed by atoms with E-state index in [1.54, 1.807) is 7.11 Å². The largest absolute Gasteiger partial charge is 0.497 e. The minimum atomic E-state index is 0. The van der Waals surface area contributed by atoms with Crippen molar-refractivity contribution in [3.05, 3.63) is 27.8 Å². The molecule has 0 heterocycles. The Morgan fingerprint density at radius 1 is 0.812 bits per heavy atom. The summed E-state index contributed by atoms with van der Waals surface area (Å²) in [5.74, 6) is 0.912. The first kappa shape index (κ1) is 44.6. The van der Waals surface area contributed by atoms with Crippen molar-refractivity contribution in [1.82, 2.24) is 0 Å². The summed E-state index contributed by atoms with van der Waals surface area (Å²) in [5.41, 5.74) is 0. The van der Waals surface area contributed by atoms with Gasteiger partial charge < -0.3 is 4.74 Å². The molecule has 1 aromatic carbocycles. The van der Waals surface area contributed by atoms with Crippen LogP contribution < -0.4 is 4.74 Å². The molecule has 0 saturated carbocycles. The van der Waals surface area contributed by atoms with Crippen molar-refractivity contribution in [3.63, 3.8) is 0 Å². The Morgan fingerprint density at radius 2 is 1.12 bits per heavy atom. The predicted octanol–water partition coefficient (Wildman–Crippen LogP) is 2.83. The summed E-state index contributed by atoms with van der Waals surface area (Å²) in [5, 5.41) is 0. The fourth-order valence-corrected chi connectivity index (χ4v) is 0.930. The van der Waals surface area contributed by atoms with Crippen LogP contribution in [0.5, 0.6) is 5.75 Å². The smallest absolute Gasteiger partial charge is 0.118 e. The maximum absolute atomic E-state index is 4.97. The van der Waals surface area contributed by atoms with Crippen molar-refractivity contribution in [2.75, 3.05) is 7.11 Å². The molecule has 0 aromatic heterocycles. The summed E-state index contributed by atoms with van der Waals surface area (Å²) in [6.45, 7) is 0. The molecule has 9 heteroatoms. The Bertz CT molecular complexity index is 201. The molecule has 1 rings (SSSR count). The number of methoxy groups -OCH3 is 1. The second kappa shape index (κ2) is 24.2. The molecule has 0 spiro atoms. The van der Waals surface area contributed by atoms with Crippen molar-refractivity contribution < 1.29 is 33.0 Å². The van der Waals surface area contributed by atoms with Crippen LogP contribution in [-0.2, 0) is 0 Å². The molecule has 0 aliphatic rings. The van der Waals surface area contributed by atoms with Crippen LogP contribution in [-0.4, -0.2) is 25.1 Å². The number of ether oxygens (including phenoxy) is 1. The Morgan fingerprint density at radius 3 is 1.38 bits per heavy atom. The molecule has 0 N–H and O–H groups in total. The molecule has 0 unspecified atom stereocenters. The van der Waals surface area contributed by atoms with Gasteiger partial charge in [0.25, 0.3) is 0 Å². The van der Waals surface area contributed by atoms with Crippen molar-refractivity contribution in [2.45, 2.75) is 0 Å². The maximum Gasteiger partial charge on any atom is 0.118 e. The summed E-state index contributed by atoms with van der Waals surface area (Å²) < 4.78 is 6.20. The number of hydrogen-bond donors (Lipinski definition) is 0. The van der Waals surface area contributed by atoms with E-state index in [1.165, 1.54) is 3.57 Å². The van der Waals surface area contributed by atoms with Crippen LogP contribution in [0.2, 0.25) is 0 Å². The van der Waals surface area contributed by atoms with Crippen LogP contribution in [0.4, 0.5) is 28.2 Å². The number of rotatable bonds is 1.